The lowest BCUT2D eigenvalue weighted by atomic mass is 9.93. The number of anilines is 1. The molecule has 0 spiro atoms. The van der Waals surface area contributed by atoms with E-state index in [4.69, 9.17) is 0 Å². The molecule has 5 aromatic rings. The first-order valence-electron chi connectivity index (χ1n) is 11.5. The molecular formula is C26H21F5N6O. The molecule has 2 aromatic heterocycles. The molecule has 3 aromatic carbocycles. The van der Waals surface area contributed by atoms with Crippen LogP contribution in [0.5, 0.6) is 0 Å². The first-order valence-corrected chi connectivity index (χ1v) is 11.5. The Balaban J connectivity index is 1.40. The lowest BCUT2D eigenvalue weighted by molar-refractivity contribution is -0.138. The molecule has 38 heavy (non-hydrogen) atoms. The number of aromatic nitrogens is 5. The molecule has 2 heterocycles. The molecule has 0 aliphatic heterocycles. The Morgan fingerprint density at radius 3 is 2.42 bits per heavy atom. The van der Waals surface area contributed by atoms with Crippen molar-refractivity contribution in [1.82, 2.24) is 24.5 Å². The molecule has 0 aliphatic rings. The van der Waals surface area contributed by atoms with Crippen LogP contribution in [0.4, 0.5) is 27.6 Å². The monoisotopic (exact) mass is 528 g/mol. The molecule has 12 heteroatoms. The average molecular weight is 528 g/mol. The minimum Gasteiger partial charge on any atom is -0.381 e. The topological polar surface area (TPSA) is 80.8 Å². The highest BCUT2D eigenvalue weighted by molar-refractivity contribution is 5.82. The van der Waals surface area contributed by atoms with Crippen molar-refractivity contribution in [3.63, 3.8) is 0 Å². The van der Waals surface area contributed by atoms with Crippen molar-refractivity contribution >= 4 is 16.6 Å². The Labute approximate surface area is 213 Å². The molecule has 2 N–H and O–H groups in total. The predicted molar refractivity (Wildman–Crippen MR) is 129 cm³/mol. The SMILES string of the molecule is OC(Cn1cncn1)(Cn1cc2cc(NCc3ccccc3C(F)(F)F)ccc2n1)c1ccc(F)cc1F. The zero-order valence-electron chi connectivity index (χ0n) is 19.7. The number of alkyl halides is 3. The molecule has 0 amide bonds. The van der Waals surface area contributed by atoms with Gasteiger partial charge in [0.1, 0.15) is 29.9 Å². The molecule has 0 aliphatic carbocycles. The van der Waals surface area contributed by atoms with Crippen molar-refractivity contribution < 1.29 is 27.1 Å². The van der Waals surface area contributed by atoms with E-state index in [9.17, 15) is 27.1 Å². The molecule has 0 saturated heterocycles. The third kappa shape index (κ3) is 5.35. The summed E-state index contributed by atoms with van der Waals surface area (Å²) in [5.74, 6) is -1.70. The van der Waals surface area contributed by atoms with Crippen LogP contribution in [0.15, 0.2) is 79.5 Å². The molecule has 196 valence electrons. The Hall–Kier alpha value is -4.32. The fourth-order valence-corrected chi connectivity index (χ4v) is 4.35. The smallest absolute Gasteiger partial charge is 0.381 e. The van der Waals surface area contributed by atoms with Gasteiger partial charge in [0.25, 0.3) is 0 Å². The van der Waals surface area contributed by atoms with Gasteiger partial charge in [0.2, 0.25) is 0 Å². The van der Waals surface area contributed by atoms with Gasteiger partial charge in [-0.05, 0) is 35.9 Å². The van der Waals surface area contributed by atoms with Gasteiger partial charge in [-0.2, -0.15) is 23.4 Å². The number of halogens is 5. The highest BCUT2D eigenvalue weighted by Crippen LogP contribution is 2.33. The minimum atomic E-state index is -4.46. The van der Waals surface area contributed by atoms with E-state index in [1.807, 2.05) is 0 Å². The maximum Gasteiger partial charge on any atom is 0.416 e. The summed E-state index contributed by atoms with van der Waals surface area (Å²) in [6.07, 6.45) is -0.208. The Morgan fingerprint density at radius 2 is 1.68 bits per heavy atom. The van der Waals surface area contributed by atoms with Crippen molar-refractivity contribution in [3.8, 4) is 0 Å². The van der Waals surface area contributed by atoms with E-state index in [2.05, 4.69) is 20.5 Å². The van der Waals surface area contributed by atoms with Crippen molar-refractivity contribution in [2.75, 3.05) is 5.32 Å². The number of hydrogen-bond donors (Lipinski definition) is 2. The molecule has 0 fully saturated rings. The second kappa shape index (κ2) is 9.86. The zero-order chi connectivity index (χ0) is 26.9. The first kappa shape index (κ1) is 25.3. The molecule has 1 atom stereocenters. The second-order valence-electron chi connectivity index (χ2n) is 8.86. The van der Waals surface area contributed by atoms with Crippen LogP contribution in [0.3, 0.4) is 0 Å². The van der Waals surface area contributed by atoms with E-state index in [1.54, 1.807) is 30.5 Å². The van der Waals surface area contributed by atoms with E-state index < -0.39 is 29.0 Å². The third-order valence-electron chi connectivity index (χ3n) is 6.10. The molecular weight excluding hydrogens is 507 g/mol. The van der Waals surface area contributed by atoms with Crippen LogP contribution in [0, 0.1) is 11.6 Å². The minimum absolute atomic E-state index is 0.0448. The van der Waals surface area contributed by atoms with E-state index in [1.165, 1.54) is 40.2 Å². The van der Waals surface area contributed by atoms with E-state index in [0.717, 1.165) is 12.1 Å². The van der Waals surface area contributed by atoms with Gasteiger partial charge in [0.05, 0.1) is 24.2 Å². The van der Waals surface area contributed by atoms with Crippen molar-refractivity contribution in [2.24, 2.45) is 0 Å². The van der Waals surface area contributed by atoms with Crippen LogP contribution < -0.4 is 5.32 Å². The van der Waals surface area contributed by atoms with Gasteiger partial charge < -0.3 is 10.4 Å². The lowest BCUT2D eigenvalue weighted by Gasteiger charge is -2.28. The molecule has 0 radical (unpaired) electrons. The summed E-state index contributed by atoms with van der Waals surface area (Å²) in [6, 6.07) is 13.3. The quantitative estimate of drug-likeness (QED) is 0.273. The van der Waals surface area contributed by atoms with Crippen LogP contribution >= 0.6 is 0 Å². The maximum atomic E-state index is 14.7. The summed E-state index contributed by atoms with van der Waals surface area (Å²) in [4.78, 5) is 3.84. The number of nitrogens with one attached hydrogen (secondary N) is 1. The first-order chi connectivity index (χ1) is 18.1. The van der Waals surface area contributed by atoms with E-state index in [-0.39, 0.29) is 30.8 Å². The molecule has 0 bridgehead atoms. The number of hydrogen-bond acceptors (Lipinski definition) is 5. The summed E-state index contributed by atoms with van der Waals surface area (Å²) in [7, 11) is 0. The van der Waals surface area contributed by atoms with E-state index >= 15 is 0 Å². The largest absolute Gasteiger partial charge is 0.416 e. The Bertz CT molecular complexity index is 1570. The van der Waals surface area contributed by atoms with Crippen LogP contribution in [0.1, 0.15) is 16.7 Å². The van der Waals surface area contributed by atoms with E-state index in [0.29, 0.717) is 22.7 Å². The summed E-state index contributed by atoms with van der Waals surface area (Å²) < 4.78 is 70.9. The Kier molecular flexibility index (Phi) is 6.57. The van der Waals surface area contributed by atoms with Crippen LogP contribution in [0.2, 0.25) is 0 Å². The number of nitrogens with zero attached hydrogens (tertiary/aromatic N) is 5. The second-order valence-corrected chi connectivity index (χ2v) is 8.86. The molecule has 1 unspecified atom stereocenters. The summed E-state index contributed by atoms with van der Waals surface area (Å²) in [5, 5.41) is 23.6. The van der Waals surface area contributed by atoms with Gasteiger partial charge in [-0.1, -0.05) is 24.3 Å². The van der Waals surface area contributed by atoms with Crippen molar-refractivity contribution in [1.29, 1.82) is 0 Å². The average Bonchev–Trinajstić information content (AvgIpc) is 3.50. The van der Waals surface area contributed by atoms with Crippen molar-refractivity contribution in [3.05, 3.63) is 108 Å². The van der Waals surface area contributed by atoms with Gasteiger partial charge in [-0.25, -0.2) is 18.4 Å². The summed E-state index contributed by atoms with van der Waals surface area (Å²) in [5.41, 5.74) is -1.49. The molecule has 0 saturated carbocycles. The van der Waals surface area contributed by atoms with Gasteiger partial charge in [-0.3, -0.25) is 4.68 Å². The van der Waals surface area contributed by atoms with Crippen molar-refractivity contribution in [2.45, 2.75) is 31.4 Å². The Morgan fingerprint density at radius 1 is 0.895 bits per heavy atom. The van der Waals surface area contributed by atoms with Crippen LogP contribution in [-0.2, 0) is 31.4 Å². The number of rotatable bonds is 8. The molecule has 7 nitrogen and oxygen atoms in total. The fourth-order valence-electron chi connectivity index (χ4n) is 4.35. The van der Waals surface area contributed by atoms with Gasteiger partial charge in [0, 0.05) is 35.4 Å². The summed E-state index contributed by atoms with van der Waals surface area (Å²) >= 11 is 0. The fraction of sp³-hybridized carbons (Fsp3) is 0.192. The van der Waals surface area contributed by atoms with Crippen LogP contribution in [0.25, 0.3) is 10.9 Å². The zero-order valence-corrected chi connectivity index (χ0v) is 19.7. The maximum absolute atomic E-state index is 14.7. The number of fused-ring (bicyclic) bond motifs is 1. The summed E-state index contributed by atoms with van der Waals surface area (Å²) in [6.45, 7) is -0.431. The standard InChI is InChI=1S/C26H21F5N6O/c27-19-5-7-22(23(28)10-19)25(38,14-37-16-32-15-34-37)13-36-12-18-9-20(6-8-24(18)35-36)33-11-17-3-1-2-4-21(17)26(29,30)31/h1-10,12,15-16,33,38H,11,13-14H2. The normalized spacial score (nSPS) is 13.5. The lowest BCUT2D eigenvalue weighted by Crippen LogP contribution is -2.37. The van der Waals surface area contributed by atoms with Gasteiger partial charge in [-0.15, -0.1) is 0 Å². The highest BCUT2D eigenvalue weighted by atomic mass is 19.4. The predicted octanol–water partition coefficient (Wildman–Crippen LogP) is 5.12. The van der Waals surface area contributed by atoms with Crippen LogP contribution in [-0.4, -0.2) is 29.7 Å². The number of benzene rings is 3. The third-order valence-corrected chi connectivity index (χ3v) is 6.10. The van der Waals surface area contributed by atoms with Gasteiger partial charge >= 0.3 is 6.18 Å². The van der Waals surface area contributed by atoms with Gasteiger partial charge in [0.15, 0.2) is 0 Å². The highest BCUT2D eigenvalue weighted by Gasteiger charge is 2.35. The number of aliphatic hydroxyl groups is 1. The molecule has 5 rings (SSSR count).